The molecule has 0 bridgehead atoms. The summed E-state index contributed by atoms with van der Waals surface area (Å²) in [7, 11) is 2.18. The molecule has 0 saturated carbocycles. The zero-order valence-electron chi connectivity index (χ0n) is 31.9. The van der Waals surface area contributed by atoms with Crippen molar-refractivity contribution in [2.75, 3.05) is 7.05 Å². The van der Waals surface area contributed by atoms with Gasteiger partial charge in [0.05, 0.1) is 22.0 Å². The van der Waals surface area contributed by atoms with Crippen LogP contribution in [0.1, 0.15) is 45.8 Å². The number of amidine groups is 1. The second-order valence-electron chi connectivity index (χ2n) is 15.6. The van der Waals surface area contributed by atoms with Crippen LogP contribution in [0.25, 0.3) is 54.9 Å². The van der Waals surface area contributed by atoms with Crippen LogP contribution in [0.5, 0.6) is 0 Å². The second kappa shape index (κ2) is 12.7. The third-order valence-corrected chi connectivity index (χ3v) is 12.6. The van der Waals surface area contributed by atoms with E-state index < -0.39 is 11.7 Å². The van der Waals surface area contributed by atoms with Crippen LogP contribution in [-0.2, 0) is 5.41 Å². The molecule has 3 heterocycles. The van der Waals surface area contributed by atoms with Crippen molar-refractivity contribution in [2.45, 2.75) is 17.9 Å². The van der Waals surface area contributed by atoms with E-state index in [2.05, 4.69) is 204 Å². The highest BCUT2D eigenvalue weighted by atomic mass is 16.3. The number of nitrogens with one attached hydrogen (secondary N) is 1. The summed E-state index contributed by atoms with van der Waals surface area (Å²) in [4.78, 5) is 8.03. The van der Waals surface area contributed by atoms with Crippen LogP contribution in [0.15, 0.2) is 204 Å². The van der Waals surface area contributed by atoms with Crippen LogP contribution < -0.4 is 5.32 Å². The fourth-order valence-electron chi connectivity index (χ4n) is 10.1. The quantitative estimate of drug-likeness (QED) is 0.191. The number of benzene rings is 8. The van der Waals surface area contributed by atoms with E-state index in [1.54, 1.807) is 0 Å². The van der Waals surface area contributed by atoms with Crippen LogP contribution in [0, 0.1) is 0 Å². The standard InChI is InChI=1S/C53H38N4O/c1-56-51(34-17-4-2-5-18-34)54-50(43-26-16-25-42-41-24-11-15-30-48(41)58-49(42)43)55-52(56)57-46-29-14-10-23-39(46)40-32-31-36(33-47(40)57)53(35-19-6-3-7-20-35)44-27-12-8-21-37(44)38-22-9-13-28-45(38)53/h2-33,51-52H,1H3,(H,54,55). The summed E-state index contributed by atoms with van der Waals surface area (Å²) < 4.78 is 9.07. The summed E-state index contributed by atoms with van der Waals surface area (Å²) in [6.45, 7) is 0. The number of rotatable bonds is 5. The number of aliphatic imine (C=N–C) groups is 1. The normalized spacial score (nSPS) is 17.4. The largest absolute Gasteiger partial charge is 0.455 e. The molecule has 10 aromatic rings. The summed E-state index contributed by atoms with van der Waals surface area (Å²) in [5.74, 6) is 0.795. The van der Waals surface area contributed by atoms with E-state index in [9.17, 15) is 0 Å². The van der Waals surface area contributed by atoms with Gasteiger partial charge in [0.1, 0.15) is 23.2 Å². The molecule has 0 radical (unpaired) electrons. The lowest BCUT2D eigenvalue weighted by molar-refractivity contribution is 0.109. The van der Waals surface area contributed by atoms with E-state index in [-0.39, 0.29) is 6.17 Å². The molecule has 12 rings (SSSR count). The van der Waals surface area contributed by atoms with E-state index in [1.165, 1.54) is 44.2 Å². The Labute approximate surface area is 336 Å². The molecule has 1 aliphatic carbocycles. The lowest BCUT2D eigenvalue weighted by Crippen LogP contribution is -2.47. The Bertz CT molecular complexity index is 3200. The monoisotopic (exact) mass is 746 g/mol. The minimum Gasteiger partial charge on any atom is -0.455 e. The Morgan fingerprint density at radius 3 is 1.90 bits per heavy atom. The lowest BCUT2D eigenvalue weighted by Gasteiger charge is -2.40. The summed E-state index contributed by atoms with van der Waals surface area (Å²) in [6.07, 6.45) is -0.587. The lowest BCUT2D eigenvalue weighted by atomic mass is 9.67. The Balaban J connectivity index is 1.14. The summed E-state index contributed by atoms with van der Waals surface area (Å²) in [6, 6.07) is 70.2. The molecular weight excluding hydrogens is 709 g/mol. The van der Waals surface area contributed by atoms with Crippen molar-refractivity contribution in [2.24, 2.45) is 4.99 Å². The van der Waals surface area contributed by atoms with Crippen LogP contribution in [-0.4, -0.2) is 22.4 Å². The van der Waals surface area contributed by atoms with Crippen molar-refractivity contribution in [3.05, 3.63) is 228 Å². The highest BCUT2D eigenvalue weighted by Gasteiger charge is 2.46. The van der Waals surface area contributed by atoms with E-state index in [4.69, 9.17) is 9.41 Å². The second-order valence-corrected chi connectivity index (χ2v) is 15.6. The molecule has 1 N–H and O–H groups in total. The minimum atomic E-state index is -0.526. The molecule has 2 unspecified atom stereocenters. The number of furan rings is 1. The number of aromatic nitrogens is 1. The molecule has 0 amide bonds. The van der Waals surface area contributed by atoms with Gasteiger partial charge in [-0.15, -0.1) is 0 Å². The Morgan fingerprint density at radius 2 is 1.12 bits per heavy atom. The van der Waals surface area contributed by atoms with Gasteiger partial charge >= 0.3 is 0 Å². The van der Waals surface area contributed by atoms with Gasteiger partial charge in [-0.05, 0) is 70.3 Å². The summed E-state index contributed by atoms with van der Waals surface area (Å²) in [5, 5.41) is 8.44. The van der Waals surface area contributed by atoms with Crippen LogP contribution in [0.2, 0.25) is 0 Å². The van der Waals surface area contributed by atoms with Crippen molar-refractivity contribution >= 4 is 49.6 Å². The molecule has 8 aromatic carbocycles. The number of hydrogen-bond donors (Lipinski definition) is 1. The molecule has 2 aliphatic rings. The van der Waals surface area contributed by atoms with Gasteiger partial charge < -0.3 is 14.3 Å². The smallest absolute Gasteiger partial charge is 0.186 e. The minimum absolute atomic E-state index is 0.179. The molecule has 5 nitrogen and oxygen atoms in total. The van der Waals surface area contributed by atoms with Crippen LogP contribution in [0.4, 0.5) is 0 Å². The van der Waals surface area contributed by atoms with Crippen LogP contribution in [0.3, 0.4) is 0 Å². The maximum absolute atomic E-state index is 6.61. The van der Waals surface area contributed by atoms with E-state index in [0.29, 0.717) is 0 Å². The Kier molecular flexibility index (Phi) is 7.19. The Hall–Kier alpha value is -7.21. The first-order valence-corrected chi connectivity index (χ1v) is 20.0. The topological polar surface area (TPSA) is 45.7 Å². The first kappa shape index (κ1) is 33.0. The van der Waals surface area contributed by atoms with Gasteiger partial charge in [-0.25, -0.2) is 9.89 Å². The molecule has 2 aromatic heterocycles. The Morgan fingerprint density at radius 1 is 0.517 bits per heavy atom. The van der Waals surface area contributed by atoms with Gasteiger partial charge in [-0.3, -0.25) is 0 Å². The SMILES string of the molecule is CN1C(c2ccccc2)NC(c2cccc3c2oc2ccccc23)=NC1n1c2ccccc2c2ccc(C3(c4ccccc4)c4ccccc4-c4ccccc43)cc21. The summed E-state index contributed by atoms with van der Waals surface area (Å²) >= 11 is 0. The van der Waals surface area contributed by atoms with Gasteiger partial charge in [-0.1, -0.05) is 170 Å². The predicted octanol–water partition coefficient (Wildman–Crippen LogP) is 12.2. The number of fused-ring (bicyclic) bond motifs is 9. The molecule has 2 atom stereocenters. The van der Waals surface area contributed by atoms with E-state index >= 15 is 0 Å². The number of para-hydroxylation sites is 3. The molecule has 0 spiro atoms. The molecule has 58 heavy (non-hydrogen) atoms. The highest BCUT2D eigenvalue weighted by molar-refractivity contribution is 6.15. The predicted molar refractivity (Wildman–Crippen MR) is 236 cm³/mol. The van der Waals surface area contributed by atoms with Crippen molar-refractivity contribution in [1.29, 1.82) is 0 Å². The molecule has 0 saturated heterocycles. The maximum Gasteiger partial charge on any atom is 0.186 e. The van der Waals surface area contributed by atoms with Gasteiger partial charge in [0.25, 0.3) is 0 Å². The fraction of sp³-hybridized carbons (Fsp3) is 0.0755. The molecule has 1 aliphatic heterocycles. The van der Waals surface area contributed by atoms with Crippen molar-refractivity contribution < 1.29 is 4.42 Å². The number of hydrogen-bond acceptors (Lipinski definition) is 4. The molecular formula is C53H38N4O. The zero-order valence-corrected chi connectivity index (χ0v) is 31.9. The fourth-order valence-corrected chi connectivity index (χ4v) is 10.1. The molecule has 0 fully saturated rings. The first-order chi connectivity index (χ1) is 28.7. The number of nitrogens with zero attached hydrogens (tertiary/aromatic N) is 3. The van der Waals surface area contributed by atoms with Crippen molar-refractivity contribution in [3.63, 3.8) is 0 Å². The third-order valence-electron chi connectivity index (χ3n) is 12.6. The zero-order chi connectivity index (χ0) is 38.4. The average Bonchev–Trinajstić information content (AvgIpc) is 3.94. The van der Waals surface area contributed by atoms with E-state index in [1.807, 2.05) is 12.1 Å². The van der Waals surface area contributed by atoms with Crippen molar-refractivity contribution in [1.82, 2.24) is 14.8 Å². The molecule has 5 heteroatoms. The maximum atomic E-state index is 6.61. The van der Waals surface area contributed by atoms with Crippen LogP contribution >= 0.6 is 0 Å². The summed E-state index contributed by atoms with van der Waals surface area (Å²) in [5.41, 5.74) is 13.2. The first-order valence-electron chi connectivity index (χ1n) is 20.0. The highest BCUT2D eigenvalue weighted by Crippen LogP contribution is 2.56. The van der Waals surface area contributed by atoms with E-state index in [0.717, 1.165) is 49.9 Å². The van der Waals surface area contributed by atoms with Gasteiger partial charge in [0.15, 0.2) is 6.29 Å². The van der Waals surface area contributed by atoms with Gasteiger partial charge in [-0.2, -0.15) is 0 Å². The van der Waals surface area contributed by atoms with Gasteiger partial charge in [0.2, 0.25) is 0 Å². The average molecular weight is 747 g/mol. The molecule has 276 valence electrons. The van der Waals surface area contributed by atoms with Crippen molar-refractivity contribution in [3.8, 4) is 11.1 Å². The van der Waals surface area contributed by atoms with Gasteiger partial charge in [0, 0.05) is 21.5 Å². The third kappa shape index (κ3) is 4.59.